The Bertz CT molecular complexity index is 527. The largest absolute Gasteiger partial charge is 0.302 e. The van der Waals surface area contributed by atoms with Crippen LogP contribution in [0.3, 0.4) is 0 Å². The van der Waals surface area contributed by atoms with E-state index in [-0.39, 0.29) is 0 Å². The number of thioether (sulfide) groups is 1. The van der Waals surface area contributed by atoms with Crippen molar-refractivity contribution in [1.82, 2.24) is 4.90 Å². The highest BCUT2D eigenvalue weighted by Gasteiger charge is 2.43. The van der Waals surface area contributed by atoms with Crippen LogP contribution in [0.25, 0.3) is 0 Å². The number of hydrogen-bond acceptors (Lipinski definition) is 2. The summed E-state index contributed by atoms with van der Waals surface area (Å²) in [6, 6.07) is 9.52. The Morgan fingerprint density at radius 3 is 2.41 bits per heavy atom. The lowest BCUT2D eigenvalue weighted by molar-refractivity contribution is 0.255. The van der Waals surface area contributed by atoms with E-state index in [4.69, 9.17) is 0 Å². The fraction of sp³-hybridized carbons (Fsp3) is 0.700. The van der Waals surface area contributed by atoms with Gasteiger partial charge in [0.2, 0.25) is 0 Å². The van der Waals surface area contributed by atoms with Crippen molar-refractivity contribution >= 4 is 11.8 Å². The summed E-state index contributed by atoms with van der Waals surface area (Å²) in [4.78, 5) is 2.73. The van der Waals surface area contributed by atoms with Crippen molar-refractivity contribution in [2.45, 2.75) is 44.9 Å². The van der Waals surface area contributed by atoms with Gasteiger partial charge in [-0.2, -0.15) is 11.8 Å². The van der Waals surface area contributed by atoms with E-state index in [2.05, 4.69) is 54.8 Å². The second-order valence-corrected chi connectivity index (χ2v) is 9.53. The fourth-order valence-corrected chi connectivity index (χ4v) is 5.49. The molecule has 22 heavy (non-hydrogen) atoms. The zero-order valence-corrected chi connectivity index (χ0v) is 14.9. The Morgan fingerprint density at radius 2 is 1.86 bits per heavy atom. The maximum atomic E-state index is 2.73. The van der Waals surface area contributed by atoms with E-state index in [1.807, 2.05) is 0 Å². The highest BCUT2D eigenvalue weighted by Crippen LogP contribution is 2.47. The first-order chi connectivity index (χ1) is 10.6. The minimum atomic E-state index is 0.509. The summed E-state index contributed by atoms with van der Waals surface area (Å²) in [6.45, 7) is 8.80. The first-order valence-electron chi connectivity index (χ1n) is 8.97. The highest BCUT2D eigenvalue weighted by molar-refractivity contribution is 8.00. The average Bonchev–Trinajstić information content (AvgIpc) is 3.06. The van der Waals surface area contributed by atoms with Gasteiger partial charge in [-0.1, -0.05) is 38.1 Å². The SMILES string of the molecule is C[C@@H](Cc1ccc(C2(C)CC2)cc1)CN1CCC2(CSC2)C1. The van der Waals surface area contributed by atoms with Crippen molar-refractivity contribution in [3.8, 4) is 0 Å². The molecule has 0 radical (unpaired) electrons. The van der Waals surface area contributed by atoms with Gasteiger partial charge in [0.05, 0.1) is 0 Å². The van der Waals surface area contributed by atoms with E-state index >= 15 is 0 Å². The molecule has 3 aliphatic rings. The topological polar surface area (TPSA) is 3.24 Å². The Balaban J connectivity index is 1.29. The van der Waals surface area contributed by atoms with Gasteiger partial charge in [-0.25, -0.2) is 0 Å². The summed E-state index contributed by atoms with van der Waals surface area (Å²) in [5.41, 5.74) is 4.29. The van der Waals surface area contributed by atoms with Gasteiger partial charge < -0.3 is 4.90 Å². The number of likely N-dealkylation sites (tertiary alicyclic amines) is 1. The predicted molar refractivity (Wildman–Crippen MR) is 96.7 cm³/mol. The van der Waals surface area contributed by atoms with Crippen LogP contribution in [0.5, 0.6) is 0 Å². The molecule has 0 aromatic heterocycles. The van der Waals surface area contributed by atoms with Crippen molar-refractivity contribution < 1.29 is 0 Å². The van der Waals surface area contributed by atoms with E-state index in [1.54, 1.807) is 5.56 Å². The molecule has 1 nitrogen and oxygen atoms in total. The molecule has 1 atom stereocenters. The number of benzene rings is 1. The van der Waals surface area contributed by atoms with Gasteiger partial charge in [-0.05, 0) is 54.7 Å². The molecule has 0 amide bonds. The molecule has 2 heterocycles. The first kappa shape index (κ1) is 15.1. The molecule has 1 aromatic carbocycles. The third kappa shape index (κ3) is 2.97. The molecule has 1 saturated carbocycles. The molecular weight excluding hydrogens is 286 g/mol. The standard InChI is InChI=1S/C20H29NS/c1-16(12-21-10-9-20(13-21)14-22-15-20)11-17-3-5-18(6-4-17)19(2)7-8-19/h3-6,16H,7-15H2,1-2H3/t16-/m0/s1. The van der Waals surface area contributed by atoms with Crippen LogP contribution >= 0.6 is 11.8 Å². The summed E-state index contributed by atoms with van der Waals surface area (Å²) >= 11 is 2.14. The zero-order chi connectivity index (χ0) is 15.2. The van der Waals surface area contributed by atoms with Crippen molar-refractivity contribution in [3.63, 3.8) is 0 Å². The quantitative estimate of drug-likeness (QED) is 0.794. The van der Waals surface area contributed by atoms with Gasteiger partial charge >= 0.3 is 0 Å². The van der Waals surface area contributed by atoms with Crippen LogP contribution in [0, 0.1) is 11.3 Å². The molecule has 0 bridgehead atoms. The van der Waals surface area contributed by atoms with Crippen LogP contribution in [-0.4, -0.2) is 36.0 Å². The minimum Gasteiger partial charge on any atom is -0.302 e. The van der Waals surface area contributed by atoms with Gasteiger partial charge in [-0.15, -0.1) is 0 Å². The number of rotatable bonds is 5. The summed E-state index contributed by atoms with van der Waals surface area (Å²) in [6.07, 6.45) is 5.42. The minimum absolute atomic E-state index is 0.509. The van der Waals surface area contributed by atoms with Gasteiger partial charge in [0.25, 0.3) is 0 Å². The number of hydrogen-bond donors (Lipinski definition) is 0. The summed E-state index contributed by atoms with van der Waals surface area (Å²) in [7, 11) is 0. The predicted octanol–water partition coefficient (Wildman–Crippen LogP) is 4.36. The summed E-state index contributed by atoms with van der Waals surface area (Å²) < 4.78 is 0. The second-order valence-electron chi connectivity index (χ2n) is 8.54. The van der Waals surface area contributed by atoms with Crippen LogP contribution in [0.2, 0.25) is 0 Å². The van der Waals surface area contributed by atoms with Gasteiger partial charge in [-0.3, -0.25) is 0 Å². The third-order valence-corrected chi connectivity index (χ3v) is 7.77. The van der Waals surface area contributed by atoms with Crippen LogP contribution < -0.4 is 0 Å². The van der Waals surface area contributed by atoms with Crippen LogP contribution in [0.15, 0.2) is 24.3 Å². The van der Waals surface area contributed by atoms with E-state index < -0.39 is 0 Å². The van der Waals surface area contributed by atoms with E-state index in [0.29, 0.717) is 10.8 Å². The Kier molecular flexibility index (Phi) is 3.81. The molecule has 2 aliphatic heterocycles. The smallest absolute Gasteiger partial charge is 0.00544 e. The Morgan fingerprint density at radius 1 is 1.14 bits per heavy atom. The van der Waals surface area contributed by atoms with Crippen LogP contribution in [-0.2, 0) is 11.8 Å². The molecule has 1 aliphatic carbocycles. The normalized spacial score (nSPS) is 26.8. The van der Waals surface area contributed by atoms with Gasteiger partial charge in [0, 0.05) is 30.0 Å². The number of nitrogens with zero attached hydrogens (tertiary/aromatic N) is 1. The third-order valence-electron chi connectivity index (χ3n) is 6.14. The lowest BCUT2D eigenvalue weighted by atomic mass is 9.91. The van der Waals surface area contributed by atoms with Gasteiger partial charge in [0.1, 0.15) is 0 Å². The molecule has 2 saturated heterocycles. The van der Waals surface area contributed by atoms with Crippen LogP contribution in [0.1, 0.15) is 44.2 Å². The van der Waals surface area contributed by atoms with Crippen molar-refractivity contribution in [2.75, 3.05) is 31.1 Å². The molecule has 0 unspecified atom stereocenters. The molecule has 0 N–H and O–H groups in total. The highest BCUT2D eigenvalue weighted by atomic mass is 32.2. The van der Waals surface area contributed by atoms with E-state index in [9.17, 15) is 0 Å². The fourth-order valence-electron chi connectivity index (χ4n) is 4.24. The Labute approximate surface area is 139 Å². The van der Waals surface area contributed by atoms with Crippen molar-refractivity contribution in [1.29, 1.82) is 0 Å². The molecule has 4 rings (SSSR count). The first-order valence-corrected chi connectivity index (χ1v) is 10.1. The molecule has 1 aromatic rings. The zero-order valence-electron chi connectivity index (χ0n) is 14.1. The average molecular weight is 316 g/mol. The Hall–Kier alpha value is -0.470. The maximum absolute atomic E-state index is 2.73. The summed E-state index contributed by atoms with van der Waals surface area (Å²) in [5.74, 6) is 3.60. The van der Waals surface area contributed by atoms with Crippen molar-refractivity contribution in [3.05, 3.63) is 35.4 Å². The monoisotopic (exact) mass is 315 g/mol. The van der Waals surface area contributed by atoms with Gasteiger partial charge in [0.15, 0.2) is 0 Å². The summed E-state index contributed by atoms with van der Waals surface area (Å²) in [5, 5.41) is 0. The van der Waals surface area contributed by atoms with Crippen LogP contribution in [0.4, 0.5) is 0 Å². The lowest BCUT2D eigenvalue weighted by Gasteiger charge is -2.37. The molecular formula is C20H29NS. The second kappa shape index (κ2) is 5.56. The van der Waals surface area contributed by atoms with E-state index in [0.717, 1.165) is 5.92 Å². The lowest BCUT2D eigenvalue weighted by Crippen LogP contribution is -2.39. The maximum Gasteiger partial charge on any atom is 0.00544 e. The molecule has 2 heteroatoms. The molecule has 120 valence electrons. The molecule has 3 fully saturated rings. The van der Waals surface area contributed by atoms with Crippen molar-refractivity contribution in [2.24, 2.45) is 11.3 Å². The molecule has 1 spiro atoms. The van der Waals surface area contributed by atoms with E-state index in [1.165, 1.54) is 62.4 Å².